The van der Waals surface area contributed by atoms with Crippen LogP contribution in [-0.2, 0) is 14.3 Å². The molecule has 1 atom stereocenters. The third-order valence-corrected chi connectivity index (χ3v) is 4.02. The summed E-state index contributed by atoms with van der Waals surface area (Å²) in [5.41, 5.74) is 2.03. The van der Waals surface area contributed by atoms with Gasteiger partial charge in [-0.05, 0) is 50.1 Å². The van der Waals surface area contributed by atoms with E-state index in [1.807, 2.05) is 0 Å². The first-order valence-corrected chi connectivity index (χ1v) is 8.20. The Kier molecular flexibility index (Phi) is 6.28. The highest BCUT2D eigenvalue weighted by atomic mass is 19.1. The van der Waals surface area contributed by atoms with E-state index in [9.17, 15) is 18.8 Å². The number of ether oxygens (including phenoxy) is 2. The van der Waals surface area contributed by atoms with Gasteiger partial charge in [-0.25, -0.2) is 14.0 Å². The van der Waals surface area contributed by atoms with Gasteiger partial charge in [-0.1, -0.05) is 12.1 Å². The van der Waals surface area contributed by atoms with E-state index in [-0.39, 0.29) is 17.1 Å². The van der Waals surface area contributed by atoms with E-state index in [0.717, 1.165) is 6.08 Å². The molecule has 2 rings (SSSR count). The van der Waals surface area contributed by atoms with Gasteiger partial charge < -0.3 is 14.5 Å². The lowest BCUT2D eigenvalue weighted by Crippen LogP contribution is -2.24. The SMILES string of the molecule is COC(=O)c1c(C)[nH]c(C(=O)C(C)OC(=O)/C=C/c2ccc(F)cc2)c1C. The van der Waals surface area contributed by atoms with Crippen molar-refractivity contribution >= 4 is 23.8 Å². The van der Waals surface area contributed by atoms with E-state index in [1.165, 1.54) is 44.4 Å². The molecule has 0 aliphatic heterocycles. The van der Waals surface area contributed by atoms with Crippen LogP contribution in [0.5, 0.6) is 0 Å². The molecule has 0 radical (unpaired) electrons. The summed E-state index contributed by atoms with van der Waals surface area (Å²) in [4.78, 5) is 39.1. The monoisotopic (exact) mass is 373 g/mol. The second kappa shape index (κ2) is 8.44. The predicted molar refractivity (Wildman–Crippen MR) is 96.9 cm³/mol. The fourth-order valence-electron chi connectivity index (χ4n) is 2.61. The summed E-state index contributed by atoms with van der Waals surface area (Å²) >= 11 is 0. The number of rotatable bonds is 6. The van der Waals surface area contributed by atoms with E-state index in [1.54, 1.807) is 13.8 Å². The third kappa shape index (κ3) is 4.69. The van der Waals surface area contributed by atoms with Crippen molar-refractivity contribution in [3.05, 3.63) is 64.2 Å². The van der Waals surface area contributed by atoms with E-state index >= 15 is 0 Å². The Morgan fingerprint density at radius 3 is 2.37 bits per heavy atom. The Morgan fingerprint density at radius 2 is 1.78 bits per heavy atom. The van der Waals surface area contributed by atoms with E-state index in [2.05, 4.69) is 4.98 Å². The number of carbonyl (C=O) groups excluding carboxylic acids is 3. The Hall–Kier alpha value is -3.22. The number of esters is 2. The zero-order chi connectivity index (χ0) is 20.1. The van der Waals surface area contributed by atoms with Crippen molar-refractivity contribution in [2.45, 2.75) is 26.9 Å². The molecule has 1 unspecified atom stereocenters. The molecule has 1 aromatic heterocycles. The fraction of sp³-hybridized carbons (Fsp3) is 0.250. The van der Waals surface area contributed by atoms with Gasteiger partial charge in [-0.3, -0.25) is 4.79 Å². The number of hydrogen-bond acceptors (Lipinski definition) is 5. The van der Waals surface area contributed by atoms with E-state index < -0.39 is 23.8 Å². The van der Waals surface area contributed by atoms with Crippen LogP contribution in [0.1, 0.15) is 44.6 Å². The molecule has 6 nitrogen and oxygen atoms in total. The summed E-state index contributed by atoms with van der Waals surface area (Å²) in [5, 5.41) is 0. The minimum Gasteiger partial charge on any atom is -0.465 e. The van der Waals surface area contributed by atoms with Gasteiger partial charge in [0.25, 0.3) is 0 Å². The summed E-state index contributed by atoms with van der Waals surface area (Å²) < 4.78 is 22.7. The van der Waals surface area contributed by atoms with Crippen LogP contribution in [0.4, 0.5) is 4.39 Å². The van der Waals surface area contributed by atoms with Crippen LogP contribution in [0.2, 0.25) is 0 Å². The Bertz CT molecular complexity index is 896. The Balaban J connectivity index is 2.08. The van der Waals surface area contributed by atoms with Crippen LogP contribution in [0.3, 0.4) is 0 Å². The number of aromatic amines is 1. The highest BCUT2D eigenvalue weighted by molar-refractivity contribution is 6.04. The van der Waals surface area contributed by atoms with Gasteiger partial charge in [0.1, 0.15) is 5.82 Å². The predicted octanol–water partition coefficient (Wildman–Crippen LogP) is 3.39. The van der Waals surface area contributed by atoms with Gasteiger partial charge in [-0.15, -0.1) is 0 Å². The number of hydrogen-bond donors (Lipinski definition) is 1. The second-order valence-electron chi connectivity index (χ2n) is 5.94. The van der Waals surface area contributed by atoms with Crippen LogP contribution in [-0.4, -0.2) is 35.9 Å². The molecule has 0 bridgehead atoms. The lowest BCUT2D eigenvalue weighted by Gasteiger charge is -2.10. The summed E-state index contributed by atoms with van der Waals surface area (Å²) in [6.45, 7) is 4.71. The molecule has 0 saturated carbocycles. The van der Waals surface area contributed by atoms with Crippen molar-refractivity contribution in [1.29, 1.82) is 0 Å². The van der Waals surface area contributed by atoms with Crippen molar-refractivity contribution < 1.29 is 28.2 Å². The molecule has 142 valence electrons. The lowest BCUT2D eigenvalue weighted by molar-refractivity contribution is -0.140. The molecule has 1 aromatic carbocycles. The number of methoxy groups -OCH3 is 1. The minimum atomic E-state index is -1.06. The molecule has 0 fully saturated rings. The molecule has 1 N–H and O–H groups in total. The number of carbonyl (C=O) groups is 3. The number of halogens is 1. The van der Waals surface area contributed by atoms with Crippen molar-refractivity contribution in [2.24, 2.45) is 0 Å². The number of aromatic nitrogens is 1. The average Bonchev–Trinajstić information content (AvgIpc) is 2.94. The molecule has 0 amide bonds. The number of H-pyrrole nitrogens is 1. The van der Waals surface area contributed by atoms with E-state index in [4.69, 9.17) is 9.47 Å². The standard InChI is InChI=1S/C20H20FNO5/c1-11-17(20(25)26-4)12(2)22-18(11)19(24)13(3)27-16(23)10-7-14-5-8-15(21)9-6-14/h5-10,13,22H,1-4H3/b10-7+. The zero-order valence-corrected chi connectivity index (χ0v) is 15.5. The lowest BCUT2D eigenvalue weighted by atomic mass is 10.1. The van der Waals surface area contributed by atoms with Gasteiger partial charge in [-0.2, -0.15) is 0 Å². The van der Waals surface area contributed by atoms with Gasteiger partial charge in [0.2, 0.25) is 5.78 Å². The number of aryl methyl sites for hydroxylation is 1. The summed E-state index contributed by atoms with van der Waals surface area (Å²) in [6, 6.07) is 5.55. The normalized spacial score (nSPS) is 12.0. The average molecular weight is 373 g/mol. The summed E-state index contributed by atoms with van der Waals surface area (Å²) in [7, 11) is 1.26. The first-order chi connectivity index (χ1) is 12.7. The van der Waals surface area contributed by atoms with Crippen LogP contribution in [0.15, 0.2) is 30.3 Å². The first-order valence-electron chi connectivity index (χ1n) is 8.20. The van der Waals surface area contributed by atoms with Gasteiger partial charge in [0, 0.05) is 11.8 Å². The number of ketones is 1. The quantitative estimate of drug-likeness (QED) is 0.477. The molecule has 7 heteroatoms. The smallest absolute Gasteiger partial charge is 0.339 e. The minimum absolute atomic E-state index is 0.190. The van der Waals surface area contributed by atoms with Crippen molar-refractivity contribution in [2.75, 3.05) is 7.11 Å². The Labute approximate surface area is 156 Å². The van der Waals surface area contributed by atoms with Crippen LogP contribution >= 0.6 is 0 Å². The van der Waals surface area contributed by atoms with Crippen molar-refractivity contribution in [3.8, 4) is 0 Å². The summed E-state index contributed by atoms with van der Waals surface area (Å²) in [6.07, 6.45) is 1.56. The second-order valence-corrected chi connectivity index (χ2v) is 5.94. The highest BCUT2D eigenvalue weighted by Crippen LogP contribution is 2.21. The third-order valence-electron chi connectivity index (χ3n) is 4.02. The largest absolute Gasteiger partial charge is 0.465 e. The first kappa shape index (κ1) is 20.1. The maximum Gasteiger partial charge on any atom is 0.339 e. The Morgan fingerprint density at radius 1 is 1.15 bits per heavy atom. The number of Topliss-reactive ketones (excluding diaryl/α,β-unsaturated/α-hetero) is 1. The maximum absolute atomic E-state index is 12.9. The van der Waals surface area contributed by atoms with E-state index in [0.29, 0.717) is 16.8 Å². The molecular weight excluding hydrogens is 353 g/mol. The molecule has 0 aliphatic rings. The van der Waals surface area contributed by atoms with Gasteiger partial charge >= 0.3 is 11.9 Å². The van der Waals surface area contributed by atoms with Crippen LogP contribution < -0.4 is 0 Å². The molecule has 0 spiro atoms. The maximum atomic E-state index is 12.9. The summed E-state index contributed by atoms with van der Waals surface area (Å²) in [5.74, 6) is -2.10. The van der Waals surface area contributed by atoms with Crippen LogP contribution in [0, 0.1) is 19.7 Å². The van der Waals surface area contributed by atoms with Crippen molar-refractivity contribution in [1.82, 2.24) is 4.98 Å². The van der Waals surface area contributed by atoms with Crippen molar-refractivity contribution in [3.63, 3.8) is 0 Å². The number of benzene rings is 1. The fourth-order valence-corrected chi connectivity index (χ4v) is 2.61. The van der Waals surface area contributed by atoms with Gasteiger partial charge in [0.15, 0.2) is 6.10 Å². The highest BCUT2D eigenvalue weighted by Gasteiger charge is 2.26. The molecule has 27 heavy (non-hydrogen) atoms. The molecular formula is C20H20FNO5. The number of nitrogens with one attached hydrogen (secondary N) is 1. The molecule has 1 heterocycles. The zero-order valence-electron chi connectivity index (χ0n) is 15.5. The topological polar surface area (TPSA) is 85.5 Å². The molecule has 0 saturated heterocycles. The van der Waals surface area contributed by atoms with Gasteiger partial charge in [0.05, 0.1) is 18.4 Å². The molecule has 0 aliphatic carbocycles. The molecule has 2 aromatic rings. The van der Waals surface area contributed by atoms with Crippen LogP contribution in [0.25, 0.3) is 6.08 Å².